The van der Waals surface area contributed by atoms with Crippen molar-refractivity contribution in [3.63, 3.8) is 0 Å². The highest BCUT2D eigenvalue weighted by Crippen LogP contribution is 2.34. The van der Waals surface area contributed by atoms with Gasteiger partial charge in [-0.1, -0.05) is 29.3 Å². The summed E-state index contributed by atoms with van der Waals surface area (Å²) >= 11 is 12.0. The molecule has 16 heavy (non-hydrogen) atoms. The van der Waals surface area contributed by atoms with E-state index in [1.165, 1.54) is 14.2 Å². The van der Waals surface area contributed by atoms with Crippen LogP contribution in [0.2, 0.25) is 10.0 Å². The molecule has 0 unspecified atom stereocenters. The Morgan fingerprint density at radius 1 is 1.38 bits per heavy atom. The molecule has 0 aliphatic carbocycles. The molecule has 6 heteroatoms. The number of rotatable bonds is 3. The first-order valence-electron chi connectivity index (χ1n) is 4.56. The zero-order chi connectivity index (χ0) is 12.1. The SMILES string of the molecule is CNC(=O)NCc1ccc(OC)c(Cl)c1Cl. The lowest BCUT2D eigenvalue weighted by atomic mass is 10.2. The Bertz CT molecular complexity index is 397. The smallest absolute Gasteiger partial charge is 0.314 e. The third-order valence-electron chi connectivity index (χ3n) is 2.01. The summed E-state index contributed by atoms with van der Waals surface area (Å²) in [6.45, 7) is 0.308. The number of methoxy groups -OCH3 is 1. The zero-order valence-corrected chi connectivity index (χ0v) is 10.4. The minimum absolute atomic E-state index is 0.275. The van der Waals surface area contributed by atoms with Crippen LogP contribution in [0.25, 0.3) is 0 Å². The molecule has 2 amide bonds. The van der Waals surface area contributed by atoms with Crippen molar-refractivity contribution >= 4 is 29.2 Å². The summed E-state index contributed by atoms with van der Waals surface area (Å²) in [5.41, 5.74) is 0.732. The van der Waals surface area contributed by atoms with E-state index in [-0.39, 0.29) is 6.03 Å². The van der Waals surface area contributed by atoms with Crippen LogP contribution in [-0.4, -0.2) is 20.2 Å². The number of amides is 2. The largest absolute Gasteiger partial charge is 0.495 e. The Morgan fingerprint density at radius 2 is 2.06 bits per heavy atom. The lowest BCUT2D eigenvalue weighted by Gasteiger charge is -2.10. The molecule has 88 valence electrons. The molecule has 0 fully saturated rings. The van der Waals surface area contributed by atoms with Crippen LogP contribution in [0.4, 0.5) is 4.79 Å². The minimum Gasteiger partial charge on any atom is -0.495 e. The first kappa shape index (κ1) is 12.9. The zero-order valence-electron chi connectivity index (χ0n) is 8.93. The van der Waals surface area contributed by atoms with E-state index in [2.05, 4.69) is 10.6 Å². The van der Waals surface area contributed by atoms with Gasteiger partial charge in [0.25, 0.3) is 0 Å². The van der Waals surface area contributed by atoms with Crippen LogP contribution in [0, 0.1) is 0 Å². The highest BCUT2D eigenvalue weighted by molar-refractivity contribution is 6.43. The summed E-state index contributed by atoms with van der Waals surface area (Å²) in [5, 5.41) is 5.80. The first-order chi connectivity index (χ1) is 7.60. The molecule has 0 aromatic heterocycles. The van der Waals surface area contributed by atoms with E-state index in [4.69, 9.17) is 27.9 Å². The van der Waals surface area contributed by atoms with Crippen molar-refractivity contribution in [2.45, 2.75) is 6.54 Å². The van der Waals surface area contributed by atoms with Crippen molar-refractivity contribution < 1.29 is 9.53 Å². The summed E-state index contributed by atoms with van der Waals surface area (Å²) in [7, 11) is 3.05. The van der Waals surface area contributed by atoms with Crippen molar-refractivity contribution in [1.29, 1.82) is 0 Å². The Morgan fingerprint density at radius 3 is 2.62 bits per heavy atom. The second-order valence-electron chi connectivity index (χ2n) is 2.99. The summed E-state index contributed by atoms with van der Waals surface area (Å²) in [6.07, 6.45) is 0. The van der Waals surface area contributed by atoms with Crippen molar-refractivity contribution in [2.24, 2.45) is 0 Å². The number of nitrogens with one attached hydrogen (secondary N) is 2. The van der Waals surface area contributed by atoms with E-state index >= 15 is 0 Å². The number of halogens is 2. The van der Waals surface area contributed by atoms with Gasteiger partial charge in [-0.25, -0.2) is 4.79 Å². The number of urea groups is 1. The number of benzene rings is 1. The number of ether oxygens (including phenoxy) is 1. The quantitative estimate of drug-likeness (QED) is 0.879. The number of hydrogen-bond donors (Lipinski definition) is 2. The molecule has 0 radical (unpaired) electrons. The minimum atomic E-state index is -0.275. The highest BCUT2D eigenvalue weighted by atomic mass is 35.5. The van der Waals surface area contributed by atoms with Crippen LogP contribution in [0.15, 0.2) is 12.1 Å². The lowest BCUT2D eigenvalue weighted by molar-refractivity contribution is 0.242. The molecule has 0 atom stereocenters. The van der Waals surface area contributed by atoms with Crippen LogP contribution in [-0.2, 0) is 6.54 Å². The van der Waals surface area contributed by atoms with E-state index in [9.17, 15) is 4.79 Å². The van der Waals surface area contributed by atoms with E-state index in [1.807, 2.05) is 0 Å². The number of hydrogen-bond acceptors (Lipinski definition) is 2. The van der Waals surface area contributed by atoms with Gasteiger partial charge >= 0.3 is 6.03 Å². The predicted octanol–water partition coefficient (Wildman–Crippen LogP) is 2.43. The van der Waals surface area contributed by atoms with E-state index in [0.29, 0.717) is 22.3 Å². The second kappa shape index (κ2) is 5.82. The molecule has 0 aliphatic rings. The van der Waals surface area contributed by atoms with Gasteiger partial charge in [0.05, 0.1) is 12.1 Å². The summed E-state index contributed by atoms with van der Waals surface area (Å²) in [4.78, 5) is 11.0. The molecular weight excluding hydrogens is 251 g/mol. The molecule has 1 aromatic carbocycles. The van der Waals surface area contributed by atoms with Gasteiger partial charge in [0.1, 0.15) is 10.8 Å². The fourth-order valence-electron chi connectivity index (χ4n) is 1.13. The molecule has 0 aliphatic heterocycles. The molecule has 0 bridgehead atoms. The van der Waals surface area contributed by atoms with Crippen molar-refractivity contribution in [2.75, 3.05) is 14.2 Å². The van der Waals surface area contributed by atoms with E-state index in [0.717, 1.165) is 5.56 Å². The van der Waals surface area contributed by atoms with Crippen molar-refractivity contribution in [3.8, 4) is 5.75 Å². The summed E-state index contributed by atoms with van der Waals surface area (Å²) in [5.74, 6) is 0.510. The predicted molar refractivity (Wildman–Crippen MR) is 64.3 cm³/mol. The topological polar surface area (TPSA) is 50.4 Å². The Balaban J connectivity index is 2.82. The maximum absolute atomic E-state index is 11.0. The van der Waals surface area contributed by atoms with E-state index in [1.54, 1.807) is 12.1 Å². The Hall–Kier alpha value is -1.13. The van der Waals surface area contributed by atoms with Crippen LogP contribution in [0.3, 0.4) is 0 Å². The molecule has 0 heterocycles. The third-order valence-corrected chi connectivity index (χ3v) is 2.92. The van der Waals surface area contributed by atoms with Crippen LogP contribution in [0.5, 0.6) is 5.75 Å². The summed E-state index contributed by atoms with van der Waals surface area (Å²) in [6, 6.07) is 3.18. The molecule has 2 N–H and O–H groups in total. The normalized spacial score (nSPS) is 9.75. The first-order valence-corrected chi connectivity index (χ1v) is 5.32. The Kier molecular flexibility index (Phi) is 4.71. The fourth-order valence-corrected chi connectivity index (χ4v) is 1.61. The van der Waals surface area contributed by atoms with Crippen LogP contribution >= 0.6 is 23.2 Å². The molecular formula is C10H12Cl2N2O2. The number of carbonyl (C=O) groups excluding carboxylic acids is 1. The average Bonchev–Trinajstić information content (AvgIpc) is 2.30. The molecule has 1 aromatic rings. The molecule has 0 spiro atoms. The average molecular weight is 263 g/mol. The maximum atomic E-state index is 11.0. The van der Waals surface area contributed by atoms with Crippen molar-refractivity contribution in [1.82, 2.24) is 10.6 Å². The van der Waals surface area contributed by atoms with Gasteiger partial charge in [-0.15, -0.1) is 0 Å². The molecule has 0 saturated heterocycles. The monoisotopic (exact) mass is 262 g/mol. The molecule has 4 nitrogen and oxygen atoms in total. The Labute approximate surface area is 104 Å². The van der Waals surface area contributed by atoms with Gasteiger partial charge in [0.15, 0.2) is 0 Å². The lowest BCUT2D eigenvalue weighted by Crippen LogP contribution is -2.32. The second-order valence-corrected chi connectivity index (χ2v) is 3.74. The van der Waals surface area contributed by atoms with Crippen molar-refractivity contribution in [3.05, 3.63) is 27.7 Å². The van der Waals surface area contributed by atoms with Crippen LogP contribution in [0.1, 0.15) is 5.56 Å². The van der Waals surface area contributed by atoms with Gasteiger partial charge in [-0.05, 0) is 11.6 Å². The molecule has 1 rings (SSSR count). The highest BCUT2D eigenvalue weighted by Gasteiger charge is 2.10. The number of carbonyl (C=O) groups is 1. The third kappa shape index (κ3) is 2.93. The van der Waals surface area contributed by atoms with Gasteiger partial charge in [0, 0.05) is 13.6 Å². The van der Waals surface area contributed by atoms with Gasteiger partial charge in [0.2, 0.25) is 0 Å². The van der Waals surface area contributed by atoms with Gasteiger partial charge in [-0.2, -0.15) is 0 Å². The van der Waals surface area contributed by atoms with Crippen LogP contribution < -0.4 is 15.4 Å². The maximum Gasteiger partial charge on any atom is 0.314 e. The van der Waals surface area contributed by atoms with E-state index < -0.39 is 0 Å². The summed E-state index contributed by atoms with van der Waals surface area (Å²) < 4.78 is 5.01. The van der Waals surface area contributed by atoms with Gasteiger partial charge in [-0.3, -0.25) is 0 Å². The van der Waals surface area contributed by atoms with Gasteiger partial charge < -0.3 is 15.4 Å². The standard InChI is InChI=1S/C10H12Cl2N2O2/c1-13-10(15)14-5-6-3-4-7(16-2)9(12)8(6)11/h3-4H,5H2,1-2H3,(H2,13,14,15). The molecule has 0 saturated carbocycles. The fraction of sp³-hybridized carbons (Fsp3) is 0.300.